The van der Waals surface area contributed by atoms with E-state index >= 15 is 0 Å². The van der Waals surface area contributed by atoms with Crippen LogP contribution in [0.2, 0.25) is 0 Å². The molecule has 0 radical (unpaired) electrons. The van der Waals surface area contributed by atoms with Crippen LogP contribution in [0.3, 0.4) is 0 Å². The standard InChI is InChI=1S/C12H18N2O/c1-15-11-4-2-3-10(12(11)13)14-8-7-9-5-6-9/h2-4,9,14H,5-8,13H2,1H3. The second-order valence-electron chi connectivity index (χ2n) is 4.08. The molecular weight excluding hydrogens is 188 g/mol. The van der Waals surface area contributed by atoms with E-state index in [2.05, 4.69) is 5.32 Å². The first-order valence-corrected chi connectivity index (χ1v) is 5.47. The van der Waals surface area contributed by atoms with E-state index in [0.717, 1.165) is 23.9 Å². The molecule has 0 atom stereocenters. The number of para-hydroxylation sites is 1. The fraction of sp³-hybridized carbons (Fsp3) is 0.500. The van der Waals surface area contributed by atoms with Crippen LogP contribution in [-0.2, 0) is 0 Å². The van der Waals surface area contributed by atoms with E-state index in [1.807, 2.05) is 18.2 Å². The minimum absolute atomic E-state index is 0.704. The number of nitrogen functional groups attached to an aromatic ring is 1. The molecular formula is C12H18N2O. The zero-order valence-corrected chi connectivity index (χ0v) is 9.12. The van der Waals surface area contributed by atoms with Crippen molar-refractivity contribution in [1.29, 1.82) is 0 Å². The number of hydrogen-bond acceptors (Lipinski definition) is 3. The maximum atomic E-state index is 5.94. The number of nitrogens with one attached hydrogen (secondary N) is 1. The first-order valence-electron chi connectivity index (χ1n) is 5.47. The molecule has 0 bridgehead atoms. The molecule has 0 unspecified atom stereocenters. The molecule has 15 heavy (non-hydrogen) atoms. The molecule has 0 saturated heterocycles. The molecule has 82 valence electrons. The summed E-state index contributed by atoms with van der Waals surface area (Å²) in [6.45, 7) is 1.00. The van der Waals surface area contributed by atoms with Gasteiger partial charge in [-0.15, -0.1) is 0 Å². The van der Waals surface area contributed by atoms with Gasteiger partial charge in [0.1, 0.15) is 5.75 Å². The van der Waals surface area contributed by atoms with Crippen LogP contribution < -0.4 is 15.8 Å². The Kier molecular flexibility index (Phi) is 2.99. The van der Waals surface area contributed by atoms with Crippen LogP contribution in [0.15, 0.2) is 18.2 Å². The largest absolute Gasteiger partial charge is 0.495 e. The Morgan fingerprint density at radius 1 is 1.47 bits per heavy atom. The quantitative estimate of drug-likeness (QED) is 0.728. The predicted molar refractivity (Wildman–Crippen MR) is 63.2 cm³/mol. The summed E-state index contributed by atoms with van der Waals surface area (Å²) >= 11 is 0. The van der Waals surface area contributed by atoms with Crippen molar-refractivity contribution in [2.45, 2.75) is 19.3 Å². The van der Waals surface area contributed by atoms with Gasteiger partial charge in [-0.05, 0) is 24.5 Å². The summed E-state index contributed by atoms with van der Waals surface area (Å²) in [4.78, 5) is 0. The summed E-state index contributed by atoms with van der Waals surface area (Å²) in [6.07, 6.45) is 4.04. The van der Waals surface area contributed by atoms with Crippen LogP contribution in [0.5, 0.6) is 5.75 Å². The minimum Gasteiger partial charge on any atom is -0.495 e. The topological polar surface area (TPSA) is 47.3 Å². The molecule has 3 N–H and O–H groups in total. The Hall–Kier alpha value is -1.38. The van der Waals surface area contributed by atoms with Gasteiger partial charge < -0.3 is 15.8 Å². The van der Waals surface area contributed by atoms with Gasteiger partial charge in [-0.25, -0.2) is 0 Å². The molecule has 1 aromatic rings. The van der Waals surface area contributed by atoms with E-state index in [9.17, 15) is 0 Å². The lowest BCUT2D eigenvalue weighted by atomic mass is 10.2. The van der Waals surface area contributed by atoms with Crippen molar-refractivity contribution in [2.24, 2.45) is 5.92 Å². The first-order chi connectivity index (χ1) is 7.31. The van der Waals surface area contributed by atoms with E-state index in [0.29, 0.717) is 5.69 Å². The van der Waals surface area contributed by atoms with Crippen LogP contribution in [0.4, 0.5) is 11.4 Å². The lowest BCUT2D eigenvalue weighted by molar-refractivity contribution is 0.417. The Bertz CT molecular complexity index is 334. The summed E-state index contributed by atoms with van der Waals surface area (Å²) in [5.74, 6) is 1.69. The summed E-state index contributed by atoms with van der Waals surface area (Å²) in [5.41, 5.74) is 7.62. The molecule has 1 saturated carbocycles. The number of hydrogen-bond donors (Lipinski definition) is 2. The van der Waals surface area contributed by atoms with Gasteiger partial charge in [-0.1, -0.05) is 18.9 Å². The fourth-order valence-electron chi connectivity index (χ4n) is 1.69. The van der Waals surface area contributed by atoms with E-state index in [4.69, 9.17) is 10.5 Å². The molecule has 0 heterocycles. The maximum absolute atomic E-state index is 5.94. The van der Waals surface area contributed by atoms with Crippen LogP contribution in [0.25, 0.3) is 0 Å². The number of anilines is 2. The highest BCUT2D eigenvalue weighted by Gasteiger charge is 2.20. The van der Waals surface area contributed by atoms with Crippen LogP contribution in [0.1, 0.15) is 19.3 Å². The molecule has 1 aliphatic carbocycles. The lowest BCUT2D eigenvalue weighted by Crippen LogP contribution is -2.05. The highest BCUT2D eigenvalue weighted by molar-refractivity contribution is 5.72. The van der Waals surface area contributed by atoms with E-state index in [-0.39, 0.29) is 0 Å². The van der Waals surface area contributed by atoms with Crippen molar-refractivity contribution in [2.75, 3.05) is 24.7 Å². The van der Waals surface area contributed by atoms with E-state index in [1.54, 1.807) is 7.11 Å². The van der Waals surface area contributed by atoms with Crippen LogP contribution in [-0.4, -0.2) is 13.7 Å². The minimum atomic E-state index is 0.704. The third-order valence-electron chi connectivity index (χ3n) is 2.85. The van der Waals surface area contributed by atoms with Crippen molar-refractivity contribution >= 4 is 11.4 Å². The summed E-state index contributed by atoms with van der Waals surface area (Å²) < 4.78 is 5.16. The molecule has 0 aromatic heterocycles. The number of ether oxygens (including phenoxy) is 1. The van der Waals surface area contributed by atoms with E-state index in [1.165, 1.54) is 19.3 Å². The predicted octanol–water partition coefficient (Wildman–Crippen LogP) is 2.49. The molecule has 1 aliphatic rings. The van der Waals surface area contributed by atoms with Gasteiger partial charge in [0.25, 0.3) is 0 Å². The van der Waals surface area contributed by atoms with Gasteiger partial charge in [-0.2, -0.15) is 0 Å². The third-order valence-corrected chi connectivity index (χ3v) is 2.85. The van der Waals surface area contributed by atoms with Crippen molar-refractivity contribution in [1.82, 2.24) is 0 Å². The van der Waals surface area contributed by atoms with Gasteiger partial charge in [0, 0.05) is 6.54 Å². The van der Waals surface area contributed by atoms with Crippen LogP contribution in [0, 0.1) is 5.92 Å². The third kappa shape index (κ3) is 2.55. The number of benzene rings is 1. The zero-order valence-electron chi connectivity index (χ0n) is 9.12. The van der Waals surface area contributed by atoms with Gasteiger partial charge in [0.05, 0.1) is 18.5 Å². The summed E-state index contributed by atoms with van der Waals surface area (Å²) in [7, 11) is 1.64. The summed E-state index contributed by atoms with van der Waals surface area (Å²) in [6, 6.07) is 5.82. The molecule has 3 heteroatoms. The van der Waals surface area contributed by atoms with Crippen LogP contribution >= 0.6 is 0 Å². The van der Waals surface area contributed by atoms with Crippen molar-refractivity contribution < 1.29 is 4.74 Å². The average Bonchev–Trinajstić information content (AvgIpc) is 3.04. The van der Waals surface area contributed by atoms with Gasteiger partial charge in [0.2, 0.25) is 0 Å². The summed E-state index contributed by atoms with van der Waals surface area (Å²) in [5, 5.41) is 3.35. The van der Waals surface area contributed by atoms with Crippen molar-refractivity contribution in [3.05, 3.63) is 18.2 Å². The van der Waals surface area contributed by atoms with Crippen molar-refractivity contribution in [3.63, 3.8) is 0 Å². The molecule has 1 aromatic carbocycles. The molecule has 2 rings (SSSR count). The Labute approximate surface area is 90.6 Å². The Morgan fingerprint density at radius 3 is 2.93 bits per heavy atom. The molecule has 0 amide bonds. The number of methoxy groups -OCH3 is 1. The second kappa shape index (κ2) is 4.43. The normalized spacial score (nSPS) is 15.0. The molecule has 3 nitrogen and oxygen atoms in total. The highest BCUT2D eigenvalue weighted by atomic mass is 16.5. The Balaban J connectivity index is 1.93. The SMILES string of the molecule is COc1cccc(NCCC2CC2)c1N. The molecule has 0 spiro atoms. The molecule has 1 fully saturated rings. The Morgan fingerprint density at radius 2 is 2.27 bits per heavy atom. The first kappa shape index (κ1) is 10.1. The van der Waals surface area contributed by atoms with Crippen molar-refractivity contribution in [3.8, 4) is 5.75 Å². The maximum Gasteiger partial charge on any atom is 0.143 e. The van der Waals surface area contributed by atoms with Gasteiger partial charge in [0.15, 0.2) is 0 Å². The smallest absolute Gasteiger partial charge is 0.143 e. The average molecular weight is 206 g/mol. The zero-order chi connectivity index (χ0) is 10.7. The molecule has 0 aliphatic heterocycles. The monoisotopic (exact) mass is 206 g/mol. The van der Waals surface area contributed by atoms with Gasteiger partial charge >= 0.3 is 0 Å². The highest BCUT2D eigenvalue weighted by Crippen LogP contribution is 2.33. The van der Waals surface area contributed by atoms with E-state index < -0.39 is 0 Å². The fourth-order valence-corrected chi connectivity index (χ4v) is 1.69. The number of rotatable bonds is 5. The second-order valence-corrected chi connectivity index (χ2v) is 4.08. The van der Waals surface area contributed by atoms with Gasteiger partial charge in [-0.3, -0.25) is 0 Å². The lowest BCUT2D eigenvalue weighted by Gasteiger charge is -2.11. The number of nitrogens with two attached hydrogens (primary N) is 1.